The number of hydrogen-bond donors (Lipinski definition) is 0. The summed E-state index contributed by atoms with van der Waals surface area (Å²) in [5.41, 5.74) is 0.505. The van der Waals surface area contributed by atoms with Crippen LogP contribution in [0, 0.1) is 11.3 Å². The predicted molar refractivity (Wildman–Crippen MR) is 58.0 cm³/mol. The molecule has 1 heterocycles. The van der Waals surface area contributed by atoms with Crippen LogP contribution in [0.25, 0.3) is 0 Å². The van der Waals surface area contributed by atoms with Crippen LogP contribution in [0.1, 0.15) is 5.56 Å². The van der Waals surface area contributed by atoms with Crippen LogP contribution in [-0.2, 0) is 0 Å². The molecule has 3 nitrogen and oxygen atoms in total. The van der Waals surface area contributed by atoms with E-state index in [-0.39, 0.29) is 0 Å². The normalized spacial score (nSPS) is 9.69. The monoisotopic (exact) mass is 275 g/mol. The summed E-state index contributed by atoms with van der Waals surface area (Å²) in [4.78, 5) is 8.31. The minimum atomic E-state index is 0.505. The first-order valence-corrected chi connectivity index (χ1v) is 6.52. The van der Waals surface area contributed by atoms with E-state index in [1.807, 2.05) is 12.5 Å². The van der Waals surface area contributed by atoms with Crippen LogP contribution in [0.15, 0.2) is 14.8 Å². The number of thioether (sulfide) groups is 2. The molecule has 68 valence electrons. The summed E-state index contributed by atoms with van der Waals surface area (Å²) in [5, 5.41) is 10.2. The zero-order valence-corrected chi connectivity index (χ0v) is 10.3. The Balaban J connectivity index is 3.31. The number of nitriles is 1. The Labute approximate surface area is 93.5 Å². The molecular weight excluding hydrogens is 270 g/mol. The van der Waals surface area contributed by atoms with Crippen LogP contribution < -0.4 is 0 Å². The van der Waals surface area contributed by atoms with Gasteiger partial charge < -0.3 is 0 Å². The third-order valence-corrected chi connectivity index (χ3v) is 3.10. The van der Waals surface area contributed by atoms with Crippen LogP contribution >= 0.6 is 39.5 Å². The molecule has 0 saturated heterocycles. The van der Waals surface area contributed by atoms with Gasteiger partial charge in [0.1, 0.15) is 21.3 Å². The number of hydrogen-bond acceptors (Lipinski definition) is 5. The minimum absolute atomic E-state index is 0.505. The summed E-state index contributed by atoms with van der Waals surface area (Å²) in [7, 11) is 0. The fourth-order valence-corrected chi connectivity index (χ4v) is 2.37. The van der Waals surface area contributed by atoms with Gasteiger partial charge in [0.2, 0.25) is 0 Å². The molecule has 1 aromatic rings. The van der Waals surface area contributed by atoms with Gasteiger partial charge in [0.25, 0.3) is 0 Å². The van der Waals surface area contributed by atoms with Crippen LogP contribution in [-0.4, -0.2) is 22.5 Å². The van der Waals surface area contributed by atoms with Gasteiger partial charge in [0.05, 0.1) is 0 Å². The largest absolute Gasteiger partial charge is 0.215 e. The fraction of sp³-hybridized carbons (Fsp3) is 0.286. The second kappa shape index (κ2) is 4.84. The Kier molecular flexibility index (Phi) is 4.03. The van der Waals surface area contributed by atoms with Crippen molar-refractivity contribution in [1.82, 2.24) is 9.97 Å². The maximum absolute atomic E-state index is 8.81. The van der Waals surface area contributed by atoms with Crippen LogP contribution in [0.4, 0.5) is 0 Å². The van der Waals surface area contributed by atoms with E-state index in [2.05, 4.69) is 32.0 Å². The highest BCUT2D eigenvalue weighted by atomic mass is 79.9. The standard InChI is InChI=1S/C7H6BrN3S2/c1-12-6-4(3-9)5(8)10-7(11-6)13-2/h1-2H3. The molecular formula is C7H6BrN3S2. The molecule has 0 aliphatic carbocycles. The number of aromatic nitrogens is 2. The van der Waals surface area contributed by atoms with E-state index in [0.29, 0.717) is 20.3 Å². The lowest BCUT2D eigenvalue weighted by atomic mass is 10.4. The third-order valence-electron chi connectivity index (χ3n) is 1.30. The number of rotatable bonds is 2. The summed E-state index contributed by atoms with van der Waals surface area (Å²) >= 11 is 6.14. The highest BCUT2D eigenvalue weighted by molar-refractivity contribution is 9.10. The molecule has 0 fully saturated rings. The van der Waals surface area contributed by atoms with Gasteiger partial charge in [0, 0.05) is 0 Å². The summed E-state index contributed by atoms with van der Waals surface area (Å²) < 4.78 is 0.568. The maximum Gasteiger partial charge on any atom is 0.189 e. The third kappa shape index (κ3) is 2.36. The van der Waals surface area contributed by atoms with Gasteiger partial charge in [0.15, 0.2) is 5.16 Å². The maximum atomic E-state index is 8.81. The van der Waals surface area contributed by atoms with Crippen LogP contribution in [0.3, 0.4) is 0 Å². The quantitative estimate of drug-likeness (QED) is 0.472. The van der Waals surface area contributed by atoms with Gasteiger partial charge in [-0.05, 0) is 28.4 Å². The molecule has 0 radical (unpaired) electrons. The summed E-state index contributed by atoms with van der Waals surface area (Å²) in [5.74, 6) is 0. The molecule has 0 bridgehead atoms. The van der Waals surface area contributed by atoms with Crippen molar-refractivity contribution in [3.63, 3.8) is 0 Å². The Morgan fingerprint density at radius 3 is 2.46 bits per heavy atom. The topological polar surface area (TPSA) is 49.6 Å². The average Bonchev–Trinajstić information content (AvgIpc) is 2.16. The second-order valence-corrected chi connectivity index (χ2v) is 4.32. The van der Waals surface area contributed by atoms with E-state index < -0.39 is 0 Å². The van der Waals surface area contributed by atoms with Crippen molar-refractivity contribution >= 4 is 39.5 Å². The van der Waals surface area contributed by atoms with Crippen molar-refractivity contribution in [2.24, 2.45) is 0 Å². The number of halogens is 1. The van der Waals surface area contributed by atoms with E-state index in [9.17, 15) is 0 Å². The Morgan fingerprint density at radius 1 is 1.31 bits per heavy atom. The molecule has 0 saturated carbocycles. The SMILES string of the molecule is CSc1nc(Br)c(C#N)c(SC)n1. The average molecular weight is 276 g/mol. The van der Waals surface area contributed by atoms with Crippen molar-refractivity contribution < 1.29 is 0 Å². The van der Waals surface area contributed by atoms with E-state index >= 15 is 0 Å². The van der Waals surface area contributed by atoms with Crippen molar-refractivity contribution in [2.45, 2.75) is 10.2 Å². The van der Waals surface area contributed by atoms with Gasteiger partial charge >= 0.3 is 0 Å². The highest BCUT2D eigenvalue weighted by Crippen LogP contribution is 2.25. The fourth-order valence-electron chi connectivity index (χ4n) is 0.729. The lowest BCUT2D eigenvalue weighted by Crippen LogP contribution is -1.94. The summed E-state index contributed by atoms with van der Waals surface area (Å²) in [6, 6.07) is 2.06. The molecule has 0 aliphatic rings. The Bertz CT molecular complexity index is 361. The molecule has 0 amide bonds. The molecule has 1 aromatic heterocycles. The molecule has 0 aromatic carbocycles. The van der Waals surface area contributed by atoms with E-state index in [4.69, 9.17) is 5.26 Å². The van der Waals surface area contributed by atoms with Crippen LogP contribution in [0.5, 0.6) is 0 Å². The van der Waals surface area contributed by atoms with Gasteiger partial charge in [-0.3, -0.25) is 0 Å². The Morgan fingerprint density at radius 2 is 2.00 bits per heavy atom. The lowest BCUT2D eigenvalue weighted by molar-refractivity contribution is 0.869. The van der Waals surface area contributed by atoms with Crippen LogP contribution in [0.2, 0.25) is 0 Å². The van der Waals surface area contributed by atoms with E-state index in [0.717, 1.165) is 0 Å². The van der Waals surface area contributed by atoms with Gasteiger partial charge in [-0.1, -0.05) is 11.8 Å². The molecule has 13 heavy (non-hydrogen) atoms. The molecule has 0 aliphatic heterocycles. The van der Waals surface area contributed by atoms with Gasteiger partial charge in [-0.2, -0.15) is 5.26 Å². The zero-order chi connectivity index (χ0) is 9.84. The first-order valence-electron chi connectivity index (χ1n) is 3.28. The molecule has 1 rings (SSSR count). The van der Waals surface area contributed by atoms with E-state index in [1.165, 1.54) is 23.5 Å². The first kappa shape index (κ1) is 10.8. The molecule has 6 heteroatoms. The molecule has 0 unspecified atom stereocenters. The smallest absolute Gasteiger partial charge is 0.189 e. The lowest BCUT2D eigenvalue weighted by Gasteiger charge is -2.02. The van der Waals surface area contributed by atoms with Crippen molar-refractivity contribution in [2.75, 3.05) is 12.5 Å². The minimum Gasteiger partial charge on any atom is -0.215 e. The Hall–Kier alpha value is -0.250. The summed E-state index contributed by atoms with van der Waals surface area (Å²) in [6.45, 7) is 0. The second-order valence-electron chi connectivity index (χ2n) is 2.00. The zero-order valence-electron chi connectivity index (χ0n) is 7.04. The molecule has 0 N–H and O–H groups in total. The van der Waals surface area contributed by atoms with Gasteiger partial charge in [-0.15, -0.1) is 11.8 Å². The first-order chi connectivity index (χ1) is 6.22. The molecule has 0 atom stereocenters. The van der Waals surface area contributed by atoms with Crippen molar-refractivity contribution in [3.05, 3.63) is 10.2 Å². The highest BCUT2D eigenvalue weighted by Gasteiger charge is 2.10. The van der Waals surface area contributed by atoms with E-state index in [1.54, 1.807) is 0 Å². The predicted octanol–water partition coefficient (Wildman–Crippen LogP) is 2.55. The number of nitrogens with zero attached hydrogens (tertiary/aromatic N) is 3. The molecule has 0 spiro atoms. The van der Waals surface area contributed by atoms with Crippen molar-refractivity contribution in [3.8, 4) is 6.07 Å². The summed E-state index contributed by atoms with van der Waals surface area (Å²) in [6.07, 6.45) is 3.79. The van der Waals surface area contributed by atoms with Gasteiger partial charge in [-0.25, -0.2) is 9.97 Å². The van der Waals surface area contributed by atoms with Crippen molar-refractivity contribution in [1.29, 1.82) is 5.26 Å².